The number of aromatic nitrogens is 2. The average Bonchev–Trinajstić information content (AvgIpc) is 2.73. The van der Waals surface area contributed by atoms with Gasteiger partial charge in [-0.15, -0.1) is 0 Å². The van der Waals surface area contributed by atoms with Crippen LogP contribution < -0.4 is 9.64 Å². The first-order chi connectivity index (χ1) is 13.2. The topological polar surface area (TPSA) is 75.6 Å². The molecule has 27 heavy (non-hydrogen) atoms. The molecular formula is C20H22N4O3. The number of ketones is 1. The Morgan fingerprint density at radius 1 is 1.15 bits per heavy atom. The second-order valence-corrected chi connectivity index (χ2v) is 6.93. The molecule has 1 aliphatic heterocycles. The van der Waals surface area contributed by atoms with Gasteiger partial charge in [0.15, 0.2) is 5.78 Å². The fourth-order valence-electron chi connectivity index (χ4n) is 3.84. The first-order valence-electron chi connectivity index (χ1n) is 9.16. The monoisotopic (exact) mass is 366 g/mol. The molecule has 2 heterocycles. The third kappa shape index (κ3) is 3.37. The number of anilines is 1. The maximum Gasteiger partial charge on any atom is 0.225 e. The van der Waals surface area contributed by atoms with Gasteiger partial charge in [-0.3, -0.25) is 9.59 Å². The summed E-state index contributed by atoms with van der Waals surface area (Å²) in [6.45, 7) is 2.71. The number of rotatable bonds is 4. The molecule has 4 rings (SSSR count). The van der Waals surface area contributed by atoms with Crippen LogP contribution in [0, 0.1) is 0 Å². The lowest BCUT2D eigenvalue weighted by molar-refractivity contribution is -0.118. The molecule has 1 saturated heterocycles. The van der Waals surface area contributed by atoms with E-state index in [1.807, 2.05) is 24.3 Å². The molecule has 0 N–H and O–H groups in total. The minimum atomic E-state index is 0.0517. The van der Waals surface area contributed by atoms with Gasteiger partial charge in [0.05, 0.1) is 18.4 Å². The number of piperazine rings is 1. The standard InChI is InChI=1S/C20H22N4O3/c1-27-19-5-3-2-4-15(19)14-10-17-16(18(26)11-14)12-21-20(22-17)24-8-6-23(13-25)7-9-24/h2-5,12-14H,6-11H2,1H3/t14-/m1/s1. The average molecular weight is 366 g/mol. The summed E-state index contributed by atoms with van der Waals surface area (Å²) in [7, 11) is 1.65. The highest BCUT2D eigenvalue weighted by atomic mass is 16.5. The van der Waals surface area contributed by atoms with E-state index >= 15 is 0 Å². The first-order valence-corrected chi connectivity index (χ1v) is 9.16. The molecule has 0 bridgehead atoms. The van der Waals surface area contributed by atoms with Crippen LogP contribution in [0.1, 0.15) is 34.0 Å². The molecule has 1 aromatic carbocycles. The van der Waals surface area contributed by atoms with E-state index in [0.29, 0.717) is 50.5 Å². The Labute approximate surface area is 158 Å². The molecule has 1 fully saturated rings. The summed E-state index contributed by atoms with van der Waals surface area (Å²) in [6.07, 6.45) is 3.66. The van der Waals surface area contributed by atoms with Crippen molar-refractivity contribution in [3.8, 4) is 5.75 Å². The number of carbonyl (C=O) groups is 2. The number of hydrogen-bond acceptors (Lipinski definition) is 6. The number of methoxy groups -OCH3 is 1. The molecule has 1 aliphatic carbocycles. The number of benzene rings is 1. The van der Waals surface area contributed by atoms with Gasteiger partial charge in [0, 0.05) is 44.7 Å². The minimum absolute atomic E-state index is 0.0517. The summed E-state index contributed by atoms with van der Waals surface area (Å²) < 4.78 is 5.48. The summed E-state index contributed by atoms with van der Waals surface area (Å²) in [4.78, 5) is 36.5. The van der Waals surface area contributed by atoms with Crippen molar-refractivity contribution in [2.45, 2.75) is 18.8 Å². The van der Waals surface area contributed by atoms with Gasteiger partial charge >= 0.3 is 0 Å². The van der Waals surface area contributed by atoms with Crippen molar-refractivity contribution in [2.75, 3.05) is 38.2 Å². The Kier molecular flexibility index (Phi) is 4.75. The van der Waals surface area contributed by atoms with Gasteiger partial charge < -0.3 is 14.5 Å². The van der Waals surface area contributed by atoms with E-state index < -0.39 is 0 Å². The van der Waals surface area contributed by atoms with E-state index in [1.165, 1.54) is 0 Å². The molecule has 2 aromatic rings. The molecule has 1 aromatic heterocycles. The summed E-state index contributed by atoms with van der Waals surface area (Å²) >= 11 is 0. The predicted molar refractivity (Wildman–Crippen MR) is 100 cm³/mol. The Morgan fingerprint density at radius 2 is 1.93 bits per heavy atom. The van der Waals surface area contributed by atoms with Crippen molar-refractivity contribution < 1.29 is 14.3 Å². The van der Waals surface area contributed by atoms with Gasteiger partial charge in [-0.25, -0.2) is 9.97 Å². The molecule has 1 atom stereocenters. The van der Waals surface area contributed by atoms with E-state index in [1.54, 1.807) is 18.2 Å². The van der Waals surface area contributed by atoms with Crippen molar-refractivity contribution in [3.05, 3.63) is 47.3 Å². The highest BCUT2D eigenvalue weighted by Crippen LogP contribution is 2.36. The molecule has 7 nitrogen and oxygen atoms in total. The maximum atomic E-state index is 12.7. The van der Waals surface area contributed by atoms with Crippen molar-refractivity contribution in [2.24, 2.45) is 0 Å². The van der Waals surface area contributed by atoms with Crippen LogP contribution in [0.2, 0.25) is 0 Å². The van der Waals surface area contributed by atoms with Crippen LogP contribution in [0.5, 0.6) is 5.75 Å². The number of hydrogen-bond donors (Lipinski definition) is 0. The Balaban J connectivity index is 1.60. The summed E-state index contributed by atoms with van der Waals surface area (Å²) in [5, 5.41) is 0. The van der Waals surface area contributed by atoms with Gasteiger partial charge in [-0.1, -0.05) is 18.2 Å². The Hall–Kier alpha value is -2.96. The van der Waals surface area contributed by atoms with E-state index in [2.05, 4.69) is 9.88 Å². The van der Waals surface area contributed by atoms with Crippen molar-refractivity contribution in [1.29, 1.82) is 0 Å². The van der Waals surface area contributed by atoms with E-state index in [0.717, 1.165) is 23.4 Å². The molecule has 0 saturated carbocycles. The first kappa shape index (κ1) is 17.5. The van der Waals surface area contributed by atoms with Crippen LogP contribution >= 0.6 is 0 Å². The molecule has 140 valence electrons. The van der Waals surface area contributed by atoms with E-state index in [-0.39, 0.29) is 11.7 Å². The Morgan fingerprint density at radius 3 is 2.67 bits per heavy atom. The largest absolute Gasteiger partial charge is 0.496 e. The zero-order chi connectivity index (χ0) is 18.8. The zero-order valence-electron chi connectivity index (χ0n) is 15.3. The molecule has 0 spiro atoms. The van der Waals surface area contributed by atoms with E-state index in [9.17, 15) is 9.59 Å². The SMILES string of the molecule is COc1ccccc1[C@H]1CC(=O)c2cnc(N3CCN(C=O)CC3)nc2C1. The second kappa shape index (κ2) is 7.34. The highest BCUT2D eigenvalue weighted by Gasteiger charge is 2.30. The van der Waals surface area contributed by atoms with Crippen LogP contribution in [0.3, 0.4) is 0 Å². The minimum Gasteiger partial charge on any atom is -0.496 e. The molecule has 1 amide bonds. The summed E-state index contributed by atoms with van der Waals surface area (Å²) in [6, 6.07) is 7.84. The molecule has 7 heteroatoms. The maximum absolute atomic E-state index is 12.7. The van der Waals surface area contributed by atoms with Crippen LogP contribution in [-0.2, 0) is 11.2 Å². The lowest BCUT2D eigenvalue weighted by atomic mass is 9.82. The predicted octanol–water partition coefficient (Wildman–Crippen LogP) is 1.68. The number of fused-ring (bicyclic) bond motifs is 1. The number of nitrogens with zero attached hydrogens (tertiary/aromatic N) is 4. The highest BCUT2D eigenvalue weighted by molar-refractivity contribution is 5.98. The van der Waals surface area contributed by atoms with Crippen LogP contribution in [0.25, 0.3) is 0 Å². The second-order valence-electron chi connectivity index (χ2n) is 6.93. The fraction of sp³-hybridized carbons (Fsp3) is 0.400. The fourth-order valence-corrected chi connectivity index (χ4v) is 3.84. The van der Waals surface area contributed by atoms with Crippen LogP contribution in [0.15, 0.2) is 30.5 Å². The molecule has 0 radical (unpaired) electrons. The smallest absolute Gasteiger partial charge is 0.225 e. The van der Waals surface area contributed by atoms with Crippen molar-refractivity contribution >= 4 is 18.1 Å². The van der Waals surface area contributed by atoms with Crippen molar-refractivity contribution in [3.63, 3.8) is 0 Å². The van der Waals surface area contributed by atoms with Gasteiger partial charge in [-0.2, -0.15) is 0 Å². The van der Waals surface area contributed by atoms with E-state index in [4.69, 9.17) is 9.72 Å². The summed E-state index contributed by atoms with van der Waals surface area (Å²) in [5.74, 6) is 1.56. The summed E-state index contributed by atoms with van der Waals surface area (Å²) in [5.41, 5.74) is 2.46. The lowest BCUT2D eigenvalue weighted by Gasteiger charge is -2.33. The van der Waals surface area contributed by atoms with Crippen LogP contribution in [0.4, 0.5) is 5.95 Å². The molecule has 0 unspecified atom stereocenters. The van der Waals surface area contributed by atoms with Gasteiger partial charge in [0.2, 0.25) is 12.4 Å². The Bertz CT molecular complexity index is 862. The molecular weight excluding hydrogens is 344 g/mol. The van der Waals surface area contributed by atoms with Crippen LogP contribution in [-0.4, -0.2) is 60.4 Å². The number of amides is 1. The number of para-hydroxylation sites is 1. The zero-order valence-corrected chi connectivity index (χ0v) is 15.3. The van der Waals surface area contributed by atoms with Gasteiger partial charge in [-0.05, 0) is 18.1 Å². The number of ether oxygens (including phenoxy) is 1. The van der Waals surface area contributed by atoms with Gasteiger partial charge in [0.25, 0.3) is 0 Å². The third-order valence-corrected chi connectivity index (χ3v) is 5.35. The number of carbonyl (C=O) groups excluding carboxylic acids is 2. The normalized spacial score (nSPS) is 19.6. The number of Topliss-reactive ketones (excluding diaryl/α,β-unsaturated/α-hetero) is 1. The van der Waals surface area contributed by atoms with Crippen molar-refractivity contribution in [1.82, 2.24) is 14.9 Å². The lowest BCUT2D eigenvalue weighted by Crippen LogP contribution is -2.46. The quantitative estimate of drug-likeness (QED) is 0.767. The third-order valence-electron chi connectivity index (χ3n) is 5.35. The van der Waals surface area contributed by atoms with Gasteiger partial charge in [0.1, 0.15) is 5.75 Å². The molecule has 2 aliphatic rings.